The van der Waals surface area contributed by atoms with Gasteiger partial charge in [-0.15, -0.1) is 0 Å². The number of nitrogens with zero attached hydrogens (tertiary/aromatic N) is 2. The quantitative estimate of drug-likeness (QED) is 0.549. The summed E-state index contributed by atoms with van der Waals surface area (Å²) in [4.78, 5) is 32.9. The Hall–Kier alpha value is -3.21. The maximum Gasteiger partial charge on any atom is 0.339 e. The van der Waals surface area contributed by atoms with Crippen LogP contribution in [0.5, 0.6) is 0 Å². The van der Waals surface area contributed by atoms with E-state index in [1.165, 1.54) is 12.0 Å². The molecule has 0 bridgehead atoms. The molecule has 5 rings (SSSR count). The zero-order valence-electron chi connectivity index (χ0n) is 18.3. The van der Waals surface area contributed by atoms with E-state index in [4.69, 9.17) is 9.72 Å². The van der Waals surface area contributed by atoms with Gasteiger partial charge in [-0.05, 0) is 61.8 Å². The van der Waals surface area contributed by atoms with Gasteiger partial charge in [0, 0.05) is 23.3 Å². The number of carbonyl (C=O) groups excluding carboxylic acids is 2. The van der Waals surface area contributed by atoms with E-state index in [0.29, 0.717) is 12.1 Å². The first-order valence-corrected chi connectivity index (χ1v) is 11.7. The average Bonchev–Trinajstić information content (AvgIpc) is 2.81. The molecule has 0 unspecified atom stereocenters. The normalized spacial score (nSPS) is 15.9. The Morgan fingerprint density at radius 1 is 0.875 bits per heavy atom. The van der Waals surface area contributed by atoms with Crippen molar-refractivity contribution in [2.75, 3.05) is 18.1 Å². The van der Waals surface area contributed by atoms with Gasteiger partial charge < -0.3 is 9.64 Å². The van der Waals surface area contributed by atoms with Crippen molar-refractivity contribution in [1.82, 2.24) is 4.98 Å². The van der Waals surface area contributed by atoms with Crippen molar-refractivity contribution in [3.63, 3.8) is 0 Å². The molecule has 164 valence electrons. The summed E-state index contributed by atoms with van der Waals surface area (Å²) in [7, 11) is 0. The van der Waals surface area contributed by atoms with Crippen molar-refractivity contribution < 1.29 is 14.3 Å². The SMILES string of the molecule is O=C(OCC(=O)N1CCCc2ccccc21)c1c2c(nc3ccccc13)CCCCCC2. The number of amides is 1. The Kier molecular flexibility index (Phi) is 5.89. The van der Waals surface area contributed by atoms with E-state index in [0.717, 1.165) is 72.8 Å². The number of aromatic nitrogens is 1. The van der Waals surface area contributed by atoms with E-state index in [2.05, 4.69) is 6.07 Å². The molecule has 5 nitrogen and oxygen atoms in total. The highest BCUT2D eigenvalue weighted by molar-refractivity contribution is 6.06. The number of esters is 1. The van der Waals surface area contributed by atoms with Crippen molar-refractivity contribution >= 4 is 28.5 Å². The molecule has 1 amide bonds. The predicted molar refractivity (Wildman–Crippen MR) is 125 cm³/mol. The number of aryl methyl sites for hydroxylation is 2. The van der Waals surface area contributed by atoms with Crippen LogP contribution in [0.4, 0.5) is 5.69 Å². The number of ether oxygens (including phenoxy) is 1. The number of rotatable bonds is 3. The largest absolute Gasteiger partial charge is 0.452 e. The van der Waals surface area contributed by atoms with Crippen LogP contribution < -0.4 is 4.90 Å². The minimum Gasteiger partial charge on any atom is -0.452 e. The molecule has 2 aromatic carbocycles. The molecule has 3 aromatic rings. The summed E-state index contributed by atoms with van der Waals surface area (Å²) in [6.07, 6.45) is 8.06. The van der Waals surface area contributed by atoms with Crippen LogP contribution in [0.15, 0.2) is 48.5 Å². The molecule has 32 heavy (non-hydrogen) atoms. The smallest absolute Gasteiger partial charge is 0.339 e. The van der Waals surface area contributed by atoms with Gasteiger partial charge >= 0.3 is 5.97 Å². The van der Waals surface area contributed by atoms with Gasteiger partial charge in [0.15, 0.2) is 6.61 Å². The number of benzene rings is 2. The highest BCUT2D eigenvalue weighted by Crippen LogP contribution is 2.30. The fourth-order valence-corrected chi connectivity index (χ4v) is 5.03. The Morgan fingerprint density at radius 2 is 1.66 bits per heavy atom. The molecule has 0 saturated carbocycles. The van der Waals surface area contributed by atoms with Crippen molar-refractivity contribution in [3.8, 4) is 0 Å². The maximum absolute atomic E-state index is 13.3. The standard InChI is InChI=1S/C27H28N2O3/c30-25(29-17-9-11-19-10-5-8-16-24(19)29)18-32-27(31)26-20-12-3-1-2-4-14-22(20)28-23-15-7-6-13-21(23)26/h5-8,10,13,15-16H,1-4,9,11-12,14,17-18H2. The summed E-state index contributed by atoms with van der Waals surface area (Å²) in [5.74, 6) is -0.592. The summed E-state index contributed by atoms with van der Waals surface area (Å²) < 4.78 is 5.65. The number of anilines is 1. The first-order chi connectivity index (χ1) is 15.7. The molecule has 5 heteroatoms. The molecule has 2 heterocycles. The van der Waals surface area contributed by atoms with Crippen LogP contribution >= 0.6 is 0 Å². The van der Waals surface area contributed by atoms with E-state index in [1.807, 2.05) is 42.5 Å². The lowest BCUT2D eigenvalue weighted by Gasteiger charge is -2.29. The van der Waals surface area contributed by atoms with Crippen molar-refractivity contribution in [3.05, 3.63) is 70.9 Å². The Morgan fingerprint density at radius 3 is 2.56 bits per heavy atom. The third kappa shape index (κ3) is 3.99. The molecule has 1 aromatic heterocycles. The minimum absolute atomic E-state index is 0.174. The lowest BCUT2D eigenvalue weighted by Crippen LogP contribution is -2.38. The molecule has 1 aliphatic heterocycles. The van der Waals surface area contributed by atoms with Crippen molar-refractivity contribution in [2.45, 2.75) is 51.4 Å². The minimum atomic E-state index is -0.418. The first-order valence-electron chi connectivity index (χ1n) is 11.7. The molecule has 0 saturated heterocycles. The van der Waals surface area contributed by atoms with Crippen LogP contribution in [-0.2, 0) is 28.8 Å². The monoisotopic (exact) mass is 428 g/mol. The molecular formula is C27H28N2O3. The van der Waals surface area contributed by atoms with Crippen LogP contribution in [0, 0.1) is 0 Å². The van der Waals surface area contributed by atoms with Gasteiger partial charge in [0.1, 0.15) is 0 Å². The first kappa shape index (κ1) is 20.7. The highest BCUT2D eigenvalue weighted by atomic mass is 16.5. The highest BCUT2D eigenvalue weighted by Gasteiger charge is 2.26. The summed E-state index contributed by atoms with van der Waals surface area (Å²) in [5, 5.41) is 0.813. The van der Waals surface area contributed by atoms with E-state index < -0.39 is 5.97 Å². The fraction of sp³-hybridized carbons (Fsp3) is 0.370. The molecule has 0 N–H and O–H groups in total. The predicted octanol–water partition coefficient (Wildman–Crippen LogP) is 5.03. The second-order valence-electron chi connectivity index (χ2n) is 8.70. The van der Waals surface area contributed by atoms with E-state index in [1.54, 1.807) is 4.90 Å². The van der Waals surface area contributed by atoms with Gasteiger partial charge in [-0.1, -0.05) is 49.2 Å². The zero-order chi connectivity index (χ0) is 21.9. The third-order valence-electron chi connectivity index (χ3n) is 6.61. The molecule has 0 spiro atoms. The van der Waals surface area contributed by atoms with Crippen molar-refractivity contribution in [2.24, 2.45) is 0 Å². The van der Waals surface area contributed by atoms with Crippen LogP contribution in [0.3, 0.4) is 0 Å². The lowest BCUT2D eigenvalue weighted by atomic mass is 9.91. The summed E-state index contributed by atoms with van der Waals surface area (Å²) in [5.41, 5.74) is 5.52. The Labute approximate surface area is 188 Å². The maximum atomic E-state index is 13.3. The molecular weight excluding hydrogens is 400 g/mol. The van der Waals surface area contributed by atoms with Crippen LogP contribution in [0.25, 0.3) is 10.9 Å². The van der Waals surface area contributed by atoms with Gasteiger partial charge in [-0.3, -0.25) is 9.78 Å². The average molecular weight is 429 g/mol. The second kappa shape index (κ2) is 9.11. The number of carbonyl (C=O) groups is 2. The van der Waals surface area contributed by atoms with Crippen LogP contribution in [0.1, 0.15) is 59.3 Å². The molecule has 0 radical (unpaired) electrons. The number of pyridine rings is 1. The van der Waals surface area contributed by atoms with Gasteiger partial charge in [-0.25, -0.2) is 4.79 Å². The van der Waals surface area contributed by atoms with E-state index in [9.17, 15) is 9.59 Å². The number of para-hydroxylation sites is 2. The third-order valence-corrected chi connectivity index (χ3v) is 6.61. The van der Waals surface area contributed by atoms with Crippen LogP contribution in [0.2, 0.25) is 0 Å². The van der Waals surface area contributed by atoms with Gasteiger partial charge in [-0.2, -0.15) is 0 Å². The second-order valence-corrected chi connectivity index (χ2v) is 8.70. The molecule has 1 aliphatic carbocycles. The fourth-order valence-electron chi connectivity index (χ4n) is 5.03. The van der Waals surface area contributed by atoms with Gasteiger partial charge in [0.2, 0.25) is 0 Å². The van der Waals surface area contributed by atoms with E-state index >= 15 is 0 Å². The zero-order valence-corrected chi connectivity index (χ0v) is 18.3. The Balaban J connectivity index is 1.42. The van der Waals surface area contributed by atoms with Crippen molar-refractivity contribution in [1.29, 1.82) is 0 Å². The van der Waals surface area contributed by atoms with Gasteiger partial charge in [0.05, 0.1) is 11.1 Å². The number of hydrogen-bond acceptors (Lipinski definition) is 4. The summed E-state index contributed by atoms with van der Waals surface area (Å²) in [6.45, 7) is 0.402. The summed E-state index contributed by atoms with van der Waals surface area (Å²) >= 11 is 0. The number of hydrogen-bond donors (Lipinski definition) is 0. The number of fused-ring (bicyclic) bond motifs is 3. The van der Waals surface area contributed by atoms with Gasteiger partial charge in [0.25, 0.3) is 5.91 Å². The lowest BCUT2D eigenvalue weighted by molar-refractivity contribution is -0.121. The Bertz CT molecular complexity index is 1170. The summed E-state index contributed by atoms with van der Waals surface area (Å²) in [6, 6.07) is 15.7. The molecule has 0 atom stereocenters. The topological polar surface area (TPSA) is 59.5 Å². The molecule has 0 fully saturated rings. The van der Waals surface area contributed by atoms with E-state index in [-0.39, 0.29) is 12.5 Å². The van der Waals surface area contributed by atoms with Crippen LogP contribution in [-0.4, -0.2) is 30.0 Å². The molecule has 2 aliphatic rings.